The van der Waals surface area contributed by atoms with E-state index < -0.39 is 0 Å². The highest BCUT2D eigenvalue weighted by Crippen LogP contribution is 2.25. The molecule has 1 saturated heterocycles. The van der Waals surface area contributed by atoms with E-state index in [-0.39, 0.29) is 0 Å². The minimum absolute atomic E-state index is 0.713. The molecule has 2 rings (SSSR count). The van der Waals surface area contributed by atoms with Gasteiger partial charge in [0.15, 0.2) is 0 Å². The Morgan fingerprint density at radius 3 is 3.07 bits per heavy atom. The fraction of sp³-hybridized carbons (Fsp3) is 0.833. The molecule has 1 fully saturated rings. The molecule has 0 aliphatic carbocycles. The zero-order chi connectivity index (χ0) is 9.97. The molecule has 2 aliphatic rings. The van der Waals surface area contributed by atoms with Crippen LogP contribution < -0.4 is 10.6 Å². The van der Waals surface area contributed by atoms with Crippen LogP contribution in [-0.4, -0.2) is 25.7 Å². The lowest BCUT2D eigenvalue weighted by Gasteiger charge is -2.31. The normalized spacial score (nSPS) is 38.4. The average molecular weight is 194 g/mol. The Morgan fingerprint density at radius 2 is 2.36 bits per heavy atom. The third-order valence-electron chi connectivity index (χ3n) is 3.88. The van der Waals surface area contributed by atoms with Gasteiger partial charge in [0.05, 0.1) is 0 Å². The Balaban J connectivity index is 1.88. The number of nitrogens with one attached hydrogen (secondary N) is 2. The molecule has 0 spiro atoms. The molecule has 2 aliphatic heterocycles. The van der Waals surface area contributed by atoms with Crippen molar-refractivity contribution < 1.29 is 0 Å². The van der Waals surface area contributed by atoms with Crippen LogP contribution in [0.15, 0.2) is 11.6 Å². The maximum atomic E-state index is 3.62. The van der Waals surface area contributed by atoms with E-state index in [1.165, 1.54) is 25.9 Å². The van der Waals surface area contributed by atoms with E-state index in [0.717, 1.165) is 18.4 Å². The van der Waals surface area contributed by atoms with Gasteiger partial charge in [0.1, 0.15) is 0 Å². The first kappa shape index (κ1) is 10.2. The lowest BCUT2D eigenvalue weighted by atomic mass is 9.85. The number of hydrogen-bond acceptors (Lipinski definition) is 2. The maximum absolute atomic E-state index is 3.62. The maximum Gasteiger partial charge on any atom is 0.0140 e. The molecule has 0 radical (unpaired) electrons. The van der Waals surface area contributed by atoms with Crippen molar-refractivity contribution in [1.82, 2.24) is 10.6 Å². The average Bonchev–Trinajstić information content (AvgIpc) is 2.66. The Labute approximate surface area is 87.2 Å². The smallest absolute Gasteiger partial charge is 0.0140 e. The van der Waals surface area contributed by atoms with Crippen molar-refractivity contribution >= 4 is 0 Å². The second-order valence-electron chi connectivity index (χ2n) is 4.85. The minimum Gasteiger partial charge on any atom is -0.316 e. The van der Waals surface area contributed by atoms with Gasteiger partial charge in [-0.2, -0.15) is 0 Å². The Kier molecular flexibility index (Phi) is 3.24. The van der Waals surface area contributed by atoms with Gasteiger partial charge in [-0.25, -0.2) is 0 Å². The summed E-state index contributed by atoms with van der Waals surface area (Å²) in [6.45, 7) is 8.14. The Hall–Kier alpha value is -0.340. The van der Waals surface area contributed by atoms with E-state index in [1.54, 1.807) is 5.57 Å². The van der Waals surface area contributed by atoms with Gasteiger partial charge in [-0.05, 0) is 44.7 Å². The highest BCUT2D eigenvalue weighted by atomic mass is 14.9. The molecule has 0 aromatic carbocycles. The van der Waals surface area contributed by atoms with E-state index in [4.69, 9.17) is 0 Å². The highest BCUT2D eigenvalue weighted by Gasteiger charge is 2.25. The topological polar surface area (TPSA) is 24.1 Å². The van der Waals surface area contributed by atoms with Crippen LogP contribution in [0.2, 0.25) is 0 Å². The zero-order valence-electron chi connectivity index (χ0n) is 9.34. The van der Waals surface area contributed by atoms with Crippen molar-refractivity contribution in [3.05, 3.63) is 11.6 Å². The molecule has 14 heavy (non-hydrogen) atoms. The fourth-order valence-electron chi connectivity index (χ4n) is 2.61. The zero-order valence-corrected chi connectivity index (χ0v) is 9.34. The van der Waals surface area contributed by atoms with E-state index in [9.17, 15) is 0 Å². The molecule has 80 valence electrons. The van der Waals surface area contributed by atoms with Gasteiger partial charge >= 0.3 is 0 Å². The van der Waals surface area contributed by atoms with Crippen LogP contribution in [-0.2, 0) is 0 Å². The molecular formula is C12H22N2. The monoisotopic (exact) mass is 194 g/mol. The van der Waals surface area contributed by atoms with Crippen molar-refractivity contribution in [3.63, 3.8) is 0 Å². The molecule has 2 N–H and O–H groups in total. The van der Waals surface area contributed by atoms with E-state index in [2.05, 4.69) is 30.6 Å². The van der Waals surface area contributed by atoms with Crippen molar-refractivity contribution in [2.45, 2.75) is 32.7 Å². The standard InChI is InChI=1S/C12H22N2/c1-9-3-6-14-12(10(9)2)7-11-4-5-13-8-11/h3,10-14H,4-8H2,1-2H3. The first-order chi connectivity index (χ1) is 6.77. The second-order valence-corrected chi connectivity index (χ2v) is 4.85. The number of hydrogen-bond donors (Lipinski definition) is 2. The van der Waals surface area contributed by atoms with E-state index in [0.29, 0.717) is 6.04 Å². The Bertz CT molecular complexity index is 216. The molecule has 0 amide bonds. The summed E-state index contributed by atoms with van der Waals surface area (Å²) < 4.78 is 0. The molecule has 3 atom stereocenters. The van der Waals surface area contributed by atoms with Crippen LogP contribution in [0, 0.1) is 11.8 Å². The van der Waals surface area contributed by atoms with Crippen LogP contribution in [0.5, 0.6) is 0 Å². The van der Waals surface area contributed by atoms with Gasteiger partial charge in [0, 0.05) is 12.6 Å². The van der Waals surface area contributed by atoms with Crippen molar-refractivity contribution in [1.29, 1.82) is 0 Å². The summed E-state index contributed by atoms with van der Waals surface area (Å²) in [6.07, 6.45) is 5.04. The second kappa shape index (κ2) is 4.45. The molecule has 0 bridgehead atoms. The van der Waals surface area contributed by atoms with Gasteiger partial charge in [-0.1, -0.05) is 18.6 Å². The third kappa shape index (κ3) is 2.18. The SMILES string of the molecule is CC1=CCNC(CC2CCNC2)C1C. The van der Waals surface area contributed by atoms with Gasteiger partial charge in [0.25, 0.3) is 0 Å². The molecular weight excluding hydrogens is 172 g/mol. The molecule has 2 heteroatoms. The van der Waals surface area contributed by atoms with Crippen LogP contribution in [0.25, 0.3) is 0 Å². The number of rotatable bonds is 2. The van der Waals surface area contributed by atoms with Crippen LogP contribution in [0.4, 0.5) is 0 Å². The summed E-state index contributed by atoms with van der Waals surface area (Å²) in [7, 11) is 0. The summed E-state index contributed by atoms with van der Waals surface area (Å²) >= 11 is 0. The largest absolute Gasteiger partial charge is 0.316 e. The van der Waals surface area contributed by atoms with Crippen molar-refractivity contribution in [2.75, 3.05) is 19.6 Å². The molecule has 0 aromatic heterocycles. The first-order valence-electron chi connectivity index (χ1n) is 5.88. The molecule has 2 heterocycles. The summed E-state index contributed by atoms with van der Waals surface area (Å²) in [5.74, 6) is 1.63. The quantitative estimate of drug-likeness (QED) is 0.652. The summed E-state index contributed by atoms with van der Waals surface area (Å²) in [6, 6.07) is 0.713. The van der Waals surface area contributed by atoms with Crippen LogP contribution in [0.3, 0.4) is 0 Å². The lowest BCUT2D eigenvalue weighted by Crippen LogP contribution is -2.40. The minimum atomic E-state index is 0.713. The first-order valence-corrected chi connectivity index (χ1v) is 5.88. The van der Waals surface area contributed by atoms with E-state index in [1.807, 2.05) is 0 Å². The summed E-state index contributed by atoms with van der Waals surface area (Å²) in [5, 5.41) is 7.07. The van der Waals surface area contributed by atoms with E-state index >= 15 is 0 Å². The molecule has 0 saturated carbocycles. The summed E-state index contributed by atoms with van der Waals surface area (Å²) in [5.41, 5.74) is 1.57. The predicted molar refractivity (Wildman–Crippen MR) is 60.3 cm³/mol. The third-order valence-corrected chi connectivity index (χ3v) is 3.88. The van der Waals surface area contributed by atoms with Crippen molar-refractivity contribution in [3.8, 4) is 0 Å². The predicted octanol–water partition coefficient (Wildman–Crippen LogP) is 1.54. The lowest BCUT2D eigenvalue weighted by molar-refractivity contribution is 0.336. The fourth-order valence-corrected chi connectivity index (χ4v) is 2.61. The highest BCUT2D eigenvalue weighted by molar-refractivity contribution is 5.11. The van der Waals surface area contributed by atoms with Crippen LogP contribution in [0.1, 0.15) is 26.7 Å². The van der Waals surface area contributed by atoms with Crippen molar-refractivity contribution in [2.24, 2.45) is 11.8 Å². The van der Waals surface area contributed by atoms with Gasteiger partial charge in [0.2, 0.25) is 0 Å². The van der Waals surface area contributed by atoms with Gasteiger partial charge in [-0.3, -0.25) is 0 Å². The van der Waals surface area contributed by atoms with Crippen LogP contribution >= 0.6 is 0 Å². The molecule has 3 unspecified atom stereocenters. The van der Waals surface area contributed by atoms with Gasteiger partial charge in [-0.15, -0.1) is 0 Å². The molecule has 2 nitrogen and oxygen atoms in total. The summed E-state index contributed by atoms with van der Waals surface area (Å²) in [4.78, 5) is 0. The van der Waals surface area contributed by atoms with Gasteiger partial charge < -0.3 is 10.6 Å². The Morgan fingerprint density at radius 1 is 1.50 bits per heavy atom. The molecule has 0 aromatic rings.